The second kappa shape index (κ2) is 6.83. The Balaban J connectivity index is 1.43. The number of benzene rings is 2. The SMILES string of the molecule is S=C(Nc1ccccc1)Nc1cccc(C2CN3CCSC3=N2)c1. The van der Waals surface area contributed by atoms with E-state index in [1.807, 2.05) is 48.2 Å². The zero-order valence-electron chi connectivity index (χ0n) is 13.1. The number of para-hydroxylation sites is 1. The number of thioether (sulfide) groups is 1. The molecule has 0 amide bonds. The van der Waals surface area contributed by atoms with E-state index in [4.69, 9.17) is 17.2 Å². The highest BCUT2D eigenvalue weighted by atomic mass is 32.2. The van der Waals surface area contributed by atoms with Gasteiger partial charge in [-0.15, -0.1) is 0 Å². The van der Waals surface area contributed by atoms with Gasteiger partial charge in [0.05, 0.1) is 6.04 Å². The molecule has 1 saturated heterocycles. The van der Waals surface area contributed by atoms with Crippen molar-refractivity contribution in [2.75, 3.05) is 29.5 Å². The lowest BCUT2D eigenvalue weighted by Gasteiger charge is -2.15. The quantitative estimate of drug-likeness (QED) is 0.817. The molecule has 6 heteroatoms. The van der Waals surface area contributed by atoms with Gasteiger partial charge in [-0.1, -0.05) is 42.1 Å². The summed E-state index contributed by atoms with van der Waals surface area (Å²) in [4.78, 5) is 7.21. The third-order valence-corrected chi connectivity index (χ3v) is 5.30. The maximum atomic E-state index is 5.40. The molecule has 2 aromatic rings. The number of nitrogens with zero attached hydrogens (tertiary/aromatic N) is 2. The smallest absolute Gasteiger partial charge is 0.175 e. The lowest BCUT2D eigenvalue weighted by molar-refractivity contribution is 0.464. The topological polar surface area (TPSA) is 39.7 Å². The monoisotopic (exact) mass is 354 g/mol. The van der Waals surface area contributed by atoms with Crippen LogP contribution in [0.15, 0.2) is 59.6 Å². The maximum absolute atomic E-state index is 5.40. The molecular weight excluding hydrogens is 336 g/mol. The molecule has 4 nitrogen and oxygen atoms in total. The fraction of sp³-hybridized carbons (Fsp3) is 0.222. The third-order valence-electron chi connectivity index (χ3n) is 4.08. The first-order chi connectivity index (χ1) is 11.8. The van der Waals surface area contributed by atoms with Gasteiger partial charge in [0.1, 0.15) is 0 Å². The Morgan fingerprint density at radius 2 is 1.88 bits per heavy atom. The largest absolute Gasteiger partial charge is 0.348 e. The van der Waals surface area contributed by atoms with Crippen LogP contribution in [-0.2, 0) is 0 Å². The Kier molecular flexibility index (Phi) is 4.40. The van der Waals surface area contributed by atoms with Crippen LogP contribution in [0.1, 0.15) is 11.6 Å². The molecule has 2 heterocycles. The van der Waals surface area contributed by atoms with Crippen molar-refractivity contribution < 1.29 is 0 Å². The fourth-order valence-corrected chi connectivity index (χ4v) is 4.20. The van der Waals surface area contributed by atoms with E-state index in [1.54, 1.807) is 0 Å². The third kappa shape index (κ3) is 3.39. The molecule has 2 N–H and O–H groups in total. The number of amidine groups is 1. The Morgan fingerprint density at radius 3 is 2.71 bits per heavy atom. The van der Waals surface area contributed by atoms with Gasteiger partial charge in [0.2, 0.25) is 0 Å². The summed E-state index contributed by atoms with van der Waals surface area (Å²) < 4.78 is 0. The molecule has 0 aromatic heterocycles. The van der Waals surface area contributed by atoms with Gasteiger partial charge in [0.15, 0.2) is 10.3 Å². The number of fused-ring (bicyclic) bond motifs is 1. The Labute approximate surface area is 151 Å². The minimum atomic E-state index is 0.227. The highest BCUT2D eigenvalue weighted by Gasteiger charge is 2.30. The molecule has 1 atom stereocenters. The lowest BCUT2D eigenvalue weighted by atomic mass is 10.1. The van der Waals surface area contributed by atoms with Gasteiger partial charge in [-0.25, -0.2) is 0 Å². The Bertz CT molecular complexity index is 776. The summed E-state index contributed by atoms with van der Waals surface area (Å²) in [6, 6.07) is 18.5. The fourth-order valence-electron chi connectivity index (χ4n) is 2.92. The molecule has 2 aromatic carbocycles. The molecule has 0 radical (unpaired) electrons. The van der Waals surface area contributed by atoms with E-state index in [0.29, 0.717) is 5.11 Å². The van der Waals surface area contributed by atoms with Crippen molar-refractivity contribution in [2.24, 2.45) is 4.99 Å². The number of thiocarbonyl (C=S) groups is 1. The highest BCUT2D eigenvalue weighted by molar-refractivity contribution is 8.14. The highest BCUT2D eigenvalue weighted by Crippen LogP contribution is 2.33. The summed E-state index contributed by atoms with van der Waals surface area (Å²) in [5, 5.41) is 8.23. The molecule has 1 fully saturated rings. The molecule has 2 aliphatic rings. The second-order valence-corrected chi connectivity index (χ2v) is 7.26. The first kappa shape index (κ1) is 15.5. The van der Waals surface area contributed by atoms with E-state index in [2.05, 4.69) is 33.7 Å². The summed E-state index contributed by atoms with van der Waals surface area (Å²) >= 11 is 7.26. The number of nitrogens with one attached hydrogen (secondary N) is 2. The van der Waals surface area contributed by atoms with Crippen molar-refractivity contribution in [1.82, 2.24) is 4.90 Å². The van der Waals surface area contributed by atoms with Crippen molar-refractivity contribution in [3.05, 3.63) is 60.2 Å². The molecule has 4 rings (SSSR count). The van der Waals surface area contributed by atoms with E-state index < -0.39 is 0 Å². The number of hydrogen-bond donors (Lipinski definition) is 2. The van der Waals surface area contributed by atoms with Crippen LogP contribution in [0.5, 0.6) is 0 Å². The maximum Gasteiger partial charge on any atom is 0.175 e. The van der Waals surface area contributed by atoms with Crippen LogP contribution < -0.4 is 10.6 Å². The second-order valence-electron chi connectivity index (χ2n) is 5.79. The van der Waals surface area contributed by atoms with Crippen molar-refractivity contribution in [2.45, 2.75) is 6.04 Å². The minimum Gasteiger partial charge on any atom is -0.348 e. The summed E-state index contributed by atoms with van der Waals surface area (Å²) in [5.41, 5.74) is 3.19. The first-order valence-electron chi connectivity index (χ1n) is 7.96. The molecule has 1 unspecified atom stereocenters. The molecule has 0 saturated carbocycles. The van der Waals surface area contributed by atoms with E-state index >= 15 is 0 Å². The summed E-state index contributed by atoms with van der Waals surface area (Å²) in [7, 11) is 0. The van der Waals surface area contributed by atoms with Gasteiger partial charge in [-0.3, -0.25) is 4.99 Å². The molecule has 0 bridgehead atoms. The van der Waals surface area contributed by atoms with Crippen LogP contribution in [0.2, 0.25) is 0 Å². The molecule has 0 spiro atoms. The van der Waals surface area contributed by atoms with Crippen LogP contribution in [0.3, 0.4) is 0 Å². The summed E-state index contributed by atoms with van der Waals surface area (Å²) in [6.07, 6.45) is 0. The van der Waals surface area contributed by atoms with E-state index in [0.717, 1.165) is 30.2 Å². The van der Waals surface area contributed by atoms with Crippen molar-refractivity contribution >= 4 is 45.6 Å². The number of hydrogen-bond acceptors (Lipinski definition) is 4. The van der Waals surface area contributed by atoms with E-state index in [-0.39, 0.29) is 6.04 Å². The number of aliphatic imine (C=N–C) groups is 1. The summed E-state index contributed by atoms with van der Waals surface area (Å²) in [5.74, 6) is 1.16. The predicted octanol–water partition coefficient (Wildman–Crippen LogP) is 3.96. The predicted molar refractivity (Wildman–Crippen MR) is 107 cm³/mol. The van der Waals surface area contributed by atoms with Crippen LogP contribution in [0.25, 0.3) is 0 Å². The molecule has 24 heavy (non-hydrogen) atoms. The zero-order chi connectivity index (χ0) is 16.4. The van der Waals surface area contributed by atoms with Crippen LogP contribution in [0.4, 0.5) is 11.4 Å². The standard InChI is InChI=1S/C18H18N4S2/c23-17(19-14-6-2-1-3-7-14)20-15-8-4-5-13(11-15)16-12-22-9-10-24-18(22)21-16/h1-8,11,16H,9-10,12H2,(H2,19,20,23). The average Bonchev–Trinajstić information content (AvgIpc) is 3.17. The van der Waals surface area contributed by atoms with Crippen LogP contribution in [-0.4, -0.2) is 34.0 Å². The van der Waals surface area contributed by atoms with E-state index in [1.165, 1.54) is 10.7 Å². The van der Waals surface area contributed by atoms with E-state index in [9.17, 15) is 0 Å². The van der Waals surface area contributed by atoms with Gasteiger partial charge in [-0.05, 0) is 42.0 Å². The van der Waals surface area contributed by atoms with Gasteiger partial charge in [0.25, 0.3) is 0 Å². The van der Waals surface area contributed by atoms with Gasteiger partial charge in [0, 0.05) is 30.2 Å². The molecular formula is C18H18N4S2. The number of anilines is 2. The minimum absolute atomic E-state index is 0.227. The van der Waals surface area contributed by atoms with Crippen LogP contribution >= 0.6 is 24.0 Å². The van der Waals surface area contributed by atoms with Gasteiger partial charge in [-0.2, -0.15) is 0 Å². The normalized spacial score (nSPS) is 18.9. The van der Waals surface area contributed by atoms with Gasteiger partial charge < -0.3 is 15.5 Å². The number of rotatable bonds is 3. The molecule has 0 aliphatic carbocycles. The van der Waals surface area contributed by atoms with Crippen LogP contribution in [0, 0.1) is 0 Å². The van der Waals surface area contributed by atoms with Crippen molar-refractivity contribution in [3.63, 3.8) is 0 Å². The lowest BCUT2D eigenvalue weighted by Crippen LogP contribution is -2.22. The summed E-state index contributed by atoms with van der Waals surface area (Å²) in [6.45, 7) is 2.10. The molecule has 122 valence electrons. The van der Waals surface area contributed by atoms with Crippen molar-refractivity contribution in [1.29, 1.82) is 0 Å². The average molecular weight is 355 g/mol. The van der Waals surface area contributed by atoms with Gasteiger partial charge >= 0.3 is 0 Å². The molecule has 2 aliphatic heterocycles. The van der Waals surface area contributed by atoms with Crippen molar-refractivity contribution in [3.8, 4) is 0 Å². The first-order valence-corrected chi connectivity index (χ1v) is 9.36. The zero-order valence-corrected chi connectivity index (χ0v) is 14.7. The Morgan fingerprint density at radius 1 is 1.08 bits per heavy atom. The Hall–Kier alpha value is -2.05.